The number of carbonyl (C=O) groups is 1. The van der Waals surface area contributed by atoms with Crippen molar-refractivity contribution < 1.29 is 22.7 Å². The molecule has 0 spiro atoms. The lowest BCUT2D eigenvalue weighted by molar-refractivity contribution is 0.0691. The van der Waals surface area contributed by atoms with Crippen LogP contribution in [-0.2, 0) is 10.0 Å². The molecule has 1 fully saturated rings. The molecule has 21 heavy (non-hydrogen) atoms. The van der Waals surface area contributed by atoms with Crippen molar-refractivity contribution in [1.82, 2.24) is 4.72 Å². The van der Waals surface area contributed by atoms with E-state index in [1.54, 1.807) is 0 Å². The highest BCUT2D eigenvalue weighted by atomic mass is 32.2. The summed E-state index contributed by atoms with van der Waals surface area (Å²) in [6.07, 6.45) is 3.68. The zero-order valence-electron chi connectivity index (χ0n) is 11.7. The van der Waals surface area contributed by atoms with E-state index in [1.165, 1.54) is 0 Å². The lowest BCUT2D eigenvalue weighted by Crippen LogP contribution is -2.34. The van der Waals surface area contributed by atoms with Crippen LogP contribution in [0.3, 0.4) is 0 Å². The molecule has 0 bridgehead atoms. The van der Waals surface area contributed by atoms with Gasteiger partial charge in [-0.15, -0.1) is 0 Å². The number of aromatic carboxylic acids is 1. The fourth-order valence-corrected chi connectivity index (χ4v) is 3.53. The molecule has 0 saturated heterocycles. The van der Waals surface area contributed by atoms with E-state index in [2.05, 4.69) is 4.72 Å². The van der Waals surface area contributed by atoms with Gasteiger partial charge >= 0.3 is 5.97 Å². The quantitative estimate of drug-likeness (QED) is 0.809. The third-order valence-electron chi connectivity index (χ3n) is 3.61. The van der Waals surface area contributed by atoms with Gasteiger partial charge in [0.05, 0.1) is 10.5 Å². The van der Waals surface area contributed by atoms with Gasteiger partial charge in [0.25, 0.3) is 0 Å². The van der Waals surface area contributed by atoms with Crippen LogP contribution in [-0.4, -0.2) is 25.5 Å². The summed E-state index contributed by atoms with van der Waals surface area (Å²) >= 11 is 0. The van der Waals surface area contributed by atoms with E-state index in [1.807, 2.05) is 6.92 Å². The fourth-order valence-electron chi connectivity index (χ4n) is 2.18. The van der Waals surface area contributed by atoms with Gasteiger partial charge in [0, 0.05) is 6.04 Å². The Labute approximate surface area is 123 Å². The lowest BCUT2D eigenvalue weighted by Gasteiger charge is -2.17. The van der Waals surface area contributed by atoms with Crippen LogP contribution in [0.25, 0.3) is 0 Å². The van der Waals surface area contributed by atoms with Gasteiger partial charge in [-0.25, -0.2) is 22.3 Å². The molecule has 116 valence electrons. The molecule has 7 heteroatoms. The maximum absolute atomic E-state index is 13.3. The smallest absolute Gasteiger partial charge is 0.338 e. The molecule has 2 rings (SSSR count). The van der Waals surface area contributed by atoms with E-state index in [-0.39, 0.29) is 10.9 Å². The average Bonchev–Trinajstić information content (AvgIpc) is 3.21. The van der Waals surface area contributed by atoms with Crippen molar-refractivity contribution in [2.75, 3.05) is 0 Å². The second-order valence-corrected chi connectivity index (χ2v) is 7.07. The van der Waals surface area contributed by atoms with Crippen LogP contribution in [0.2, 0.25) is 0 Å². The number of carboxylic acids is 1. The molecule has 1 saturated carbocycles. The maximum atomic E-state index is 13.3. The molecule has 1 atom stereocenters. The van der Waals surface area contributed by atoms with E-state index < -0.39 is 27.4 Å². The number of halogens is 1. The van der Waals surface area contributed by atoms with Gasteiger partial charge in [-0.05, 0) is 37.0 Å². The van der Waals surface area contributed by atoms with Gasteiger partial charge in [0.1, 0.15) is 5.82 Å². The van der Waals surface area contributed by atoms with Crippen LogP contribution in [0.5, 0.6) is 0 Å². The van der Waals surface area contributed by atoms with Crippen LogP contribution < -0.4 is 4.72 Å². The number of hydrogen-bond donors (Lipinski definition) is 2. The first-order chi connectivity index (χ1) is 9.83. The van der Waals surface area contributed by atoms with Gasteiger partial charge in [-0.2, -0.15) is 0 Å². The zero-order chi connectivity index (χ0) is 15.6. The first kappa shape index (κ1) is 15.9. The maximum Gasteiger partial charge on any atom is 0.338 e. The number of benzene rings is 1. The first-order valence-electron chi connectivity index (χ1n) is 6.88. The van der Waals surface area contributed by atoms with E-state index in [0.29, 0.717) is 12.3 Å². The monoisotopic (exact) mass is 315 g/mol. The van der Waals surface area contributed by atoms with Crippen molar-refractivity contribution >= 4 is 16.0 Å². The molecule has 0 amide bonds. The summed E-state index contributed by atoms with van der Waals surface area (Å²) in [5, 5.41) is 8.86. The van der Waals surface area contributed by atoms with Gasteiger partial charge in [-0.1, -0.05) is 19.8 Å². The molecule has 1 aliphatic rings. The molecule has 1 aliphatic carbocycles. The predicted molar refractivity (Wildman–Crippen MR) is 75.1 cm³/mol. The Hall–Kier alpha value is -1.47. The summed E-state index contributed by atoms with van der Waals surface area (Å²) in [4.78, 5) is 10.7. The number of rotatable bonds is 7. The second-order valence-electron chi connectivity index (χ2n) is 5.35. The summed E-state index contributed by atoms with van der Waals surface area (Å²) in [6.45, 7) is 1.89. The number of nitrogens with one attached hydrogen (secondary N) is 1. The molecule has 2 N–H and O–H groups in total. The van der Waals surface area contributed by atoms with Crippen molar-refractivity contribution in [2.24, 2.45) is 5.92 Å². The van der Waals surface area contributed by atoms with Gasteiger partial charge in [0.15, 0.2) is 0 Å². The van der Waals surface area contributed by atoms with Gasteiger partial charge in [0.2, 0.25) is 10.0 Å². The van der Waals surface area contributed by atoms with Gasteiger partial charge < -0.3 is 5.11 Å². The van der Waals surface area contributed by atoms with E-state index in [9.17, 15) is 17.6 Å². The third kappa shape index (κ3) is 4.01. The molecule has 0 heterocycles. The molecule has 0 aliphatic heterocycles. The van der Waals surface area contributed by atoms with Crippen molar-refractivity contribution in [3.63, 3.8) is 0 Å². The summed E-state index contributed by atoms with van der Waals surface area (Å²) in [7, 11) is -3.84. The van der Waals surface area contributed by atoms with Crippen LogP contribution in [0.15, 0.2) is 23.1 Å². The van der Waals surface area contributed by atoms with Crippen LogP contribution >= 0.6 is 0 Å². The normalized spacial score (nSPS) is 16.7. The van der Waals surface area contributed by atoms with Gasteiger partial charge in [-0.3, -0.25) is 0 Å². The summed E-state index contributed by atoms with van der Waals surface area (Å²) in [5.74, 6) is -1.87. The SMILES string of the molecule is CCC(CC1CC1)NS(=O)(=O)c1ccc(F)c(C(=O)O)c1. The molecule has 1 aromatic carbocycles. The Balaban J connectivity index is 2.21. The molecule has 1 unspecified atom stereocenters. The molecular formula is C14H18FNO4S. The van der Waals surface area contributed by atoms with Crippen molar-refractivity contribution in [3.8, 4) is 0 Å². The summed E-state index contributed by atoms with van der Waals surface area (Å²) in [6, 6.07) is 2.61. The minimum atomic E-state index is -3.84. The van der Waals surface area contributed by atoms with Crippen LogP contribution in [0, 0.1) is 11.7 Å². The highest BCUT2D eigenvalue weighted by Crippen LogP contribution is 2.34. The number of hydrogen-bond acceptors (Lipinski definition) is 3. The molecule has 1 aromatic rings. The van der Waals surface area contributed by atoms with E-state index >= 15 is 0 Å². The average molecular weight is 315 g/mol. The first-order valence-corrected chi connectivity index (χ1v) is 8.37. The Morgan fingerprint density at radius 1 is 1.48 bits per heavy atom. The summed E-state index contributed by atoms with van der Waals surface area (Å²) in [5.41, 5.74) is -0.645. The lowest BCUT2D eigenvalue weighted by atomic mass is 10.1. The minimum absolute atomic E-state index is 0.180. The minimum Gasteiger partial charge on any atom is -0.478 e. The standard InChI is InChI=1S/C14H18FNO4S/c1-2-10(7-9-3-4-9)16-21(19,20)11-5-6-13(15)12(8-11)14(17)18/h5-6,8-10,16H,2-4,7H2,1H3,(H,17,18). The molecule has 0 aromatic heterocycles. The Kier molecular flexibility index (Phi) is 4.63. The molecular weight excluding hydrogens is 297 g/mol. The fraction of sp³-hybridized carbons (Fsp3) is 0.500. The second kappa shape index (κ2) is 6.11. The van der Waals surface area contributed by atoms with Crippen molar-refractivity contribution in [1.29, 1.82) is 0 Å². The van der Waals surface area contributed by atoms with Crippen molar-refractivity contribution in [3.05, 3.63) is 29.6 Å². The molecule has 5 nitrogen and oxygen atoms in total. The Morgan fingerprint density at radius 3 is 2.67 bits per heavy atom. The third-order valence-corrected chi connectivity index (χ3v) is 5.13. The Morgan fingerprint density at radius 2 is 2.14 bits per heavy atom. The zero-order valence-corrected chi connectivity index (χ0v) is 12.5. The topological polar surface area (TPSA) is 83.5 Å². The summed E-state index contributed by atoms with van der Waals surface area (Å²) < 4.78 is 40.4. The van der Waals surface area contributed by atoms with E-state index in [4.69, 9.17) is 5.11 Å². The Bertz CT molecular complexity index is 640. The molecule has 0 radical (unpaired) electrons. The number of sulfonamides is 1. The number of carboxylic acid groups (broad SMARTS) is 1. The largest absolute Gasteiger partial charge is 0.478 e. The van der Waals surface area contributed by atoms with Crippen LogP contribution in [0.1, 0.15) is 43.0 Å². The van der Waals surface area contributed by atoms with Crippen molar-refractivity contribution in [2.45, 2.75) is 43.5 Å². The highest BCUT2D eigenvalue weighted by Gasteiger charge is 2.28. The predicted octanol–water partition coefficient (Wildman–Crippen LogP) is 2.38. The van der Waals surface area contributed by atoms with E-state index in [0.717, 1.165) is 37.5 Å². The van der Waals surface area contributed by atoms with Crippen LogP contribution in [0.4, 0.5) is 4.39 Å². The highest BCUT2D eigenvalue weighted by molar-refractivity contribution is 7.89.